The Morgan fingerprint density at radius 1 is 1.00 bits per heavy atom. The summed E-state index contributed by atoms with van der Waals surface area (Å²) in [5, 5.41) is 10.4. The number of ether oxygens (including phenoxy) is 3. The van der Waals surface area contributed by atoms with Crippen LogP contribution < -0.4 is 4.74 Å². The van der Waals surface area contributed by atoms with E-state index in [2.05, 4.69) is 21.9 Å². The zero-order chi connectivity index (χ0) is 20.3. The summed E-state index contributed by atoms with van der Waals surface area (Å²) >= 11 is 0. The van der Waals surface area contributed by atoms with Gasteiger partial charge in [0.2, 0.25) is 0 Å². The van der Waals surface area contributed by atoms with Crippen LogP contribution >= 0.6 is 0 Å². The molecule has 1 unspecified atom stereocenters. The molecule has 1 aromatic rings. The molecule has 0 saturated carbocycles. The number of aliphatic hydroxyl groups excluding tert-OH is 1. The summed E-state index contributed by atoms with van der Waals surface area (Å²) < 4.78 is 17.0. The normalized spacial score (nSPS) is 20.6. The average Bonchev–Trinajstić information content (AvgIpc) is 2.75. The minimum atomic E-state index is -0.443. The van der Waals surface area contributed by atoms with Crippen molar-refractivity contribution in [2.24, 2.45) is 0 Å². The third kappa shape index (κ3) is 7.87. The molecule has 1 atom stereocenters. The quantitative estimate of drug-likeness (QED) is 0.570. The molecule has 164 valence electrons. The average molecular weight is 407 g/mol. The van der Waals surface area contributed by atoms with Crippen molar-refractivity contribution in [1.82, 2.24) is 9.80 Å². The topological polar surface area (TPSA) is 54.4 Å². The van der Waals surface area contributed by atoms with Crippen LogP contribution in [0.4, 0.5) is 0 Å². The fraction of sp³-hybridized carbons (Fsp3) is 0.739. The SMILES string of the molecule is COCCOC1CCN(Cc2ccccc2OCC(O)CN2CCCCC2)CC1. The van der Waals surface area contributed by atoms with Crippen molar-refractivity contribution >= 4 is 0 Å². The maximum atomic E-state index is 10.4. The van der Waals surface area contributed by atoms with Gasteiger partial charge in [0.15, 0.2) is 0 Å². The van der Waals surface area contributed by atoms with Gasteiger partial charge in [-0.25, -0.2) is 0 Å². The largest absolute Gasteiger partial charge is 0.491 e. The van der Waals surface area contributed by atoms with Gasteiger partial charge < -0.3 is 24.2 Å². The predicted octanol–water partition coefficient (Wildman–Crippen LogP) is 2.54. The van der Waals surface area contributed by atoms with Crippen LogP contribution in [-0.4, -0.2) is 86.8 Å². The van der Waals surface area contributed by atoms with E-state index in [1.807, 2.05) is 12.1 Å². The monoisotopic (exact) mass is 406 g/mol. The first-order valence-corrected chi connectivity index (χ1v) is 11.2. The van der Waals surface area contributed by atoms with E-state index < -0.39 is 6.10 Å². The standard InChI is InChI=1S/C23H38N2O4/c1-27-15-16-28-22-9-13-25(14-10-22)17-20-7-3-4-8-23(20)29-19-21(26)18-24-11-5-2-6-12-24/h3-4,7-8,21-22,26H,2,5-6,9-19H2,1H3. The van der Waals surface area contributed by atoms with Crippen LogP contribution in [0.3, 0.4) is 0 Å². The Labute approximate surface area is 175 Å². The van der Waals surface area contributed by atoms with Gasteiger partial charge in [-0.3, -0.25) is 4.90 Å². The molecule has 1 aromatic carbocycles. The van der Waals surface area contributed by atoms with Gasteiger partial charge in [0.25, 0.3) is 0 Å². The first-order valence-electron chi connectivity index (χ1n) is 11.2. The molecule has 0 radical (unpaired) electrons. The Bertz CT molecular complexity index is 572. The van der Waals surface area contributed by atoms with Crippen molar-refractivity contribution in [1.29, 1.82) is 0 Å². The molecule has 2 aliphatic rings. The summed E-state index contributed by atoms with van der Waals surface area (Å²) in [5.41, 5.74) is 1.19. The van der Waals surface area contributed by atoms with Crippen LogP contribution in [0.1, 0.15) is 37.7 Å². The van der Waals surface area contributed by atoms with Gasteiger partial charge in [-0.2, -0.15) is 0 Å². The van der Waals surface area contributed by atoms with Crippen LogP contribution in [-0.2, 0) is 16.0 Å². The highest BCUT2D eigenvalue weighted by molar-refractivity contribution is 5.33. The molecular weight excluding hydrogens is 368 g/mol. The molecule has 3 rings (SSSR count). The van der Waals surface area contributed by atoms with E-state index in [-0.39, 0.29) is 0 Å². The first-order chi connectivity index (χ1) is 14.2. The van der Waals surface area contributed by atoms with Crippen LogP contribution in [0.5, 0.6) is 5.75 Å². The van der Waals surface area contributed by atoms with E-state index in [1.165, 1.54) is 24.8 Å². The molecule has 0 aromatic heterocycles. The number of rotatable bonds is 11. The molecular formula is C23H38N2O4. The fourth-order valence-electron chi connectivity index (χ4n) is 4.23. The Morgan fingerprint density at radius 3 is 2.52 bits per heavy atom. The summed E-state index contributed by atoms with van der Waals surface area (Å²) in [4.78, 5) is 4.81. The van der Waals surface area contributed by atoms with E-state index in [1.54, 1.807) is 7.11 Å². The zero-order valence-electron chi connectivity index (χ0n) is 17.9. The third-order valence-corrected chi connectivity index (χ3v) is 5.89. The molecule has 29 heavy (non-hydrogen) atoms. The molecule has 1 N–H and O–H groups in total. The van der Waals surface area contributed by atoms with Gasteiger partial charge in [0.1, 0.15) is 18.5 Å². The highest BCUT2D eigenvalue weighted by Gasteiger charge is 2.21. The number of para-hydroxylation sites is 1. The second kappa shape index (κ2) is 12.5. The van der Waals surface area contributed by atoms with E-state index in [9.17, 15) is 5.11 Å². The van der Waals surface area contributed by atoms with Crippen molar-refractivity contribution in [3.8, 4) is 5.75 Å². The van der Waals surface area contributed by atoms with Crippen LogP contribution in [0.2, 0.25) is 0 Å². The molecule has 0 amide bonds. The molecule has 0 bridgehead atoms. The van der Waals surface area contributed by atoms with Gasteiger partial charge in [0, 0.05) is 38.9 Å². The molecule has 0 aliphatic carbocycles. The summed E-state index contributed by atoms with van der Waals surface area (Å²) in [6.45, 7) is 7.53. The number of benzene rings is 1. The smallest absolute Gasteiger partial charge is 0.123 e. The number of β-amino-alcohol motifs (C(OH)–C–C–N with tert-alkyl or cyclic N) is 1. The van der Waals surface area contributed by atoms with Crippen molar-refractivity contribution in [2.75, 3.05) is 59.7 Å². The van der Waals surface area contributed by atoms with E-state index in [0.717, 1.165) is 51.3 Å². The summed E-state index contributed by atoms with van der Waals surface area (Å²) in [6.07, 6.45) is 5.81. The fourth-order valence-corrected chi connectivity index (χ4v) is 4.23. The minimum absolute atomic E-state index is 0.345. The number of hydrogen-bond donors (Lipinski definition) is 1. The van der Waals surface area contributed by atoms with E-state index in [4.69, 9.17) is 14.2 Å². The maximum absolute atomic E-state index is 10.4. The number of likely N-dealkylation sites (tertiary alicyclic amines) is 2. The maximum Gasteiger partial charge on any atom is 0.123 e. The Balaban J connectivity index is 1.42. The third-order valence-electron chi connectivity index (χ3n) is 5.89. The predicted molar refractivity (Wildman–Crippen MR) is 114 cm³/mol. The molecule has 2 saturated heterocycles. The first kappa shape index (κ1) is 22.5. The lowest BCUT2D eigenvalue weighted by Gasteiger charge is -2.32. The Morgan fingerprint density at radius 2 is 1.76 bits per heavy atom. The van der Waals surface area contributed by atoms with Crippen molar-refractivity contribution in [2.45, 2.75) is 50.9 Å². The number of methoxy groups -OCH3 is 1. The number of nitrogens with zero attached hydrogens (tertiary/aromatic N) is 2. The van der Waals surface area contributed by atoms with Crippen LogP contribution in [0.15, 0.2) is 24.3 Å². The van der Waals surface area contributed by atoms with Gasteiger partial charge in [-0.05, 0) is 44.8 Å². The Kier molecular flexibility index (Phi) is 9.70. The molecule has 2 fully saturated rings. The van der Waals surface area contributed by atoms with Gasteiger partial charge in [0.05, 0.1) is 19.3 Å². The van der Waals surface area contributed by atoms with E-state index >= 15 is 0 Å². The highest BCUT2D eigenvalue weighted by Crippen LogP contribution is 2.23. The second-order valence-electron chi connectivity index (χ2n) is 8.27. The number of hydrogen-bond acceptors (Lipinski definition) is 6. The minimum Gasteiger partial charge on any atom is -0.491 e. The lowest BCUT2D eigenvalue weighted by molar-refractivity contribution is -0.0159. The lowest BCUT2D eigenvalue weighted by atomic mass is 10.1. The van der Waals surface area contributed by atoms with Crippen molar-refractivity contribution in [3.63, 3.8) is 0 Å². The second-order valence-corrected chi connectivity index (χ2v) is 8.27. The van der Waals surface area contributed by atoms with Crippen molar-refractivity contribution in [3.05, 3.63) is 29.8 Å². The molecule has 2 heterocycles. The van der Waals surface area contributed by atoms with Gasteiger partial charge >= 0.3 is 0 Å². The molecule has 6 heteroatoms. The van der Waals surface area contributed by atoms with Gasteiger partial charge in [-0.15, -0.1) is 0 Å². The summed E-state index contributed by atoms with van der Waals surface area (Å²) in [5.74, 6) is 0.892. The summed E-state index contributed by atoms with van der Waals surface area (Å²) in [6, 6.07) is 8.22. The van der Waals surface area contributed by atoms with Crippen LogP contribution in [0, 0.1) is 0 Å². The van der Waals surface area contributed by atoms with Gasteiger partial charge in [-0.1, -0.05) is 24.6 Å². The highest BCUT2D eigenvalue weighted by atomic mass is 16.5. The number of piperidine rings is 2. The summed E-state index contributed by atoms with van der Waals surface area (Å²) in [7, 11) is 1.71. The molecule has 2 aliphatic heterocycles. The van der Waals surface area contributed by atoms with Crippen molar-refractivity contribution < 1.29 is 19.3 Å². The van der Waals surface area contributed by atoms with E-state index in [0.29, 0.717) is 32.5 Å². The Hall–Kier alpha value is -1.18. The lowest BCUT2D eigenvalue weighted by Crippen LogP contribution is -2.39. The zero-order valence-corrected chi connectivity index (χ0v) is 17.9. The van der Waals surface area contributed by atoms with Crippen LogP contribution in [0.25, 0.3) is 0 Å². The molecule has 0 spiro atoms. The molecule has 6 nitrogen and oxygen atoms in total. The number of aliphatic hydroxyl groups is 1.